The Hall–Kier alpha value is -4.04. The number of non-ortho nitro benzene ring substituents is 1. The van der Waals surface area contributed by atoms with E-state index in [-0.39, 0.29) is 11.6 Å². The van der Waals surface area contributed by atoms with Gasteiger partial charge in [0.15, 0.2) is 6.10 Å². The van der Waals surface area contributed by atoms with Crippen molar-refractivity contribution >= 4 is 28.9 Å². The maximum absolute atomic E-state index is 13.7. The van der Waals surface area contributed by atoms with Crippen LogP contribution in [-0.2, 0) is 14.4 Å². The quantitative estimate of drug-likeness (QED) is 0.340. The molecule has 8 heteroatoms. The van der Waals surface area contributed by atoms with Crippen LogP contribution in [0.25, 0.3) is 0 Å². The van der Waals surface area contributed by atoms with Crippen molar-refractivity contribution in [3.8, 4) is 0 Å². The number of anilines is 2. The Kier molecular flexibility index (Phi) is 4.94. The number of benzene rings is 3. The Morgan fingerprint density at radius 2 is 1.67 bits per heavy atom. The number of hydroxylamine groups is 1. The average Bonchev–Trinajstić information content (AvgIpc) is 3.31. The number of imide groups is 1. The summed E-state index contributed by atoms with van der Waals surface area (Å²) in [5, 5.41) is 12.9. The van der Waals surface area contributed by atoms with E-state index < -0.39 is 28.9 Å². The van der Waals surface area contributed by atoms with Crippen molar-refractivity contribution in [3.63, 3.8) is 0 Å². The van der Waals surface area contributed by atoms with Gasteiger partial charge in [0.2, 0.25) is 5.91 Å². The first-order valence-corrected chi connectivity index (χ1v) is 10.6. The lowest BCUT2D eigenvalue weighted by atomic mass is 9.90. The molecule has 0 N–H and O–H groups in total. The summed E-state index contributed by atoms with van der Waals surface area (Å²) >= 11 is 0. The van der Waals surface area contributed by atoms with Gasteiger partial charge in [-0.2, -0.15) is 0 Å². The van der Waals surface area contributed by atoms with Crippen LogP contribution in [0.5, 0.6) is 0 Å². The van der Waals surface area contributed by atoms with E-state index >= 15 is 0 Å². The van der Waals surface area contributed by atoms with Gasteiger partial charge in [0.05, 0.1) is 22.3 Å². The lowest BCUT2D eigenvalue weighted by Crippen LogP contribution is -2.37. The number of carbonyl (C=O) groups excluding carboxylic acids is 2. The molecule has 2 amide bonds. The molecule has 0 aromatic heterocycles. The van der Waals surface area contributed by atoms with Gasteiger partial charge in [-0.15, -0.1) is 0 Å². The maximum Gasteiger partial charge on any atom is 0.269 e. The third-order valence-corrected chi connectivity index (χ3v) is 6.14. The van der Waals surface area contributed by atoms with Crippen LogP contribution in [0.1, 0.15) is 22.7 Å². The second-order valence-electron chi connectivity index (χ2n) is 8.31. The number of nitrogens with zero attached hydrogens (tertiary/aromatic N) is 3. The van der Waals surface area contributed by atoms with Crippen LogP contribution in [-0.4, -0.2) is 22.8 Å². The molecule has 0 unspecified atom stereocenters. The Bertz CT molecular complexity index is 1280. The van der Waals surface area contributed by atoms with E-state index in [1.165, 1.54) is 22.1 Å². The molecule has 166 valence electrons. The standard InChI is InChI=1S/C25H21N3O5/c1-15-11-12-20(16(2)13-15)26-24(29)21-22(17-7-6-10-19(14-17)28(31)32)27(33-23(21)25(26)30)18-8-4-3-5-9-18/h3-14,21-23H,1-2H3/t21-,22+,23+/m1/s1. The molecule has 3 aromatic rings. The molecule has 3 aromatic carbocycles. The Morgan fingerprint density at radius 3 is 2.36 bits per heavy atom. The number of hydrogen-bond acceptors (Lipinski definition) is 6. The molecule has 3 atom stereocenters. The fraction of sp³-hybridized carbons (Fsp3) is 0.200. The van der Waals surface area contributed by atoms with Crippen molar-refractivity contribution in [2.45, 2.75) is 26.0 Å². The summed E-state index contributed by atoms with van der Waals surface area (Å²) in [5.74, 6) is -1.67. The van der Waals surface area contributed by atoms with Crippen LogP contribution in [0.15, 0.2) is 72.8 Å². The largest absolute Gasteiger partial charge is 0.273 e. The van der Waals surface area contributed by atoms with Gasteiger partial charge in [-0.25, -0.2) is 9.96 Å². The molecule has 8 nitrogen and oxygen atoms in total. The van der Waals surface area contributed by atoms with Gasteiger partial charge in [0, 0.05) is 12.1 Å². The van der Waals surface area contributed by atoms with Gasteiger partial charge in [0.1, 0.15) is 5.92 Å². The number of para-hydroxylation sites is 1. The van der Waals surface area contributed by atoms with E-state index in [2.05, 4.69) is 0 Å². The number of fused-ring (bicyclic) bond motifs is 1. The van der Waals surface area contributed by atoms with Gasteiger partial charge in [-0.1, -0.05) is 48.0 Å². The number of carbonyl (C=O) groups is 2. The van der Waals surface area contributed by atoms with Gasteiger partial charge < -0.3 is 0 Å². The average molecular weight is 443 g/mol. The Morgan fingerprint density at radius 1 is 0.909 bits per heavy atom. The summed E-state index contributed by atoms with van der Waals surface area (Å²) in [6.45, 7) is 3.80. The molecule has 0 aliphatic carbocycles. The maximum atomic E-state index is 13.7. The van der Waals surface area contributed by atoms with Crippen LogP contribution in [0, 0.1) is 29.9 Å². The minimum Gasteiger partial charge on any atom is -0.273 e. The number of nitro benzene ring substituents is 1. The number of hydrogen-bond donors (Lipinski definition) is 0. The number of amides is 2. The van der Waals surface area contributed by atoms with Crippen LogP contribution < -0.4 is 9.96 Å². The summed E-state index contributed by atoms with van der Waals surface area (Å²) in [6, 6.07) is 20.1. The second kappa shape index (κ2) is 7.83. The summed E-state index contributed by atoms with van der Waals surface area (Å²) < 4.78 is 0. The highest BCUT2D eigenvalue weighted by Gasteiger charge is 2.60. The Balaban J connectivity index is 1.61. The first kappa shape index (κ1) is 20.8. The molecule has 33 heavy (non-hydrogen) atoms. The predicted molar refractivity (Wildman–Crippen MR) is 122 cm³/mol. The molecule has 0 radical (unpaired) electrons. The molecule has 0 bridgehead atoms. The van der Waals surface area contributed by atoms with Gasteiger partial charge in [0.25, 0.3) is 11.6 Å². The molecule has 5 rings (SSSR count). The van der Waals surface area contributed by atoms with E-state index in [4.69, 9.17) is 4.84 Å². The highest BCUT2D eigenvalue weighted by molar-refractivity contribution is 6.24. The van der Waals surface area contributed by atoms with E-state index in [0.29, 0.717) is 16.9 Å². The van der Waals surface area contributed by atoms with Crippen molar-refractivity contribution < 1.29 is 19.3 Å². The van der Waals surface area contributed by atoms with Gasteiger partial charge in [-0.3, -0.25) is 24.5 Å². The SMILES string of the molecule is Cc1ccc(N2C(=O)[C@H]3[C@H](ON(c4ccccc4)[C@H]3c3cccc([N+](=O)[O-])c3)C2=O)c(C)c1. The van der Waals surface area contributed by atoms with Crippen LogP contribution in [0.3, 0.4) is 0 Å². The minimum atomic E-state index is -1.03. The normalized spacial score (nSPS) is 22.1. The fourth-order valence-electron chi connectivity index (χ4n) is 4.67. The van der Waals surface area contributed by atoms with Crippen molar-refractivity contribution in [2.24, 2.45) is 5.92 Å². The zero-order chi connectivity index (χ0) is 23.3. The fourth-order valence-corrected chi connectivity index (χ4v) is 4.67. The molecule has 2 fully saturated rings. The monoisotopic (exact) mass is 443 g/mol. The lowest BCUT2D eigenvalue weighted by Gasteiger charge is -2.29. The van der Waals surface area contributed by atoms with Crippen molar-refractivity contribution in [3.05, 3.63) is 99.6 Å². The third-order valence-electron chi connectivity index (χ3n) is 6.14. The molecule has 2 saturated heterocycles. The lowest BCUT2D eigenvalue weighted by molar-refractivity contribution is -0.384. The van der Waals surface area contributed by atoms with E-state index in [1.54, 1.807) is 18.2 Å². The summed E-state index contributed by atoms with van der Waals surface area (Å²) in [7, 11) is 0. The summed E-state index contributed by atoms with van der Waals surface area (Å²) in [5.41, 5.74) is 3.45. The zero-order valence-electron chi connectivity index (χ0n) is 18.0. The summed E-state index contributed by atoms with van der Waals surface area (Å²) in [4.78, 5) is 45.3. The van der Waals surface area contributed by atoms with Crippen LogP contribution in [0.4, 0.5) is 17.1 Å². The van der Waals surface area contributed by atoms with Crippen LogP contribution in [0.2, 0.25) is 0 Å². The number of rotatable bonds is 4. The van der Waals surface area contributed by atoms with Gasteiger partial charge >= 0.3 is 0 Å². The first-order chi connectivity index (χ1) is 15.9. The molecular weight excluding hydrogens is 422 g/mol. The topological polar surface area (TPSA) is 93.0 Å². The highest BCUT2D eigenvalue weighted by atomic mass is 16.7. The smallest absolute Gasteiger partial charge is 0.269 e. The number of nitro groups is 1. The van der Waals surface area contributed by atoms with E-state index in [0.717, 1.165) is 11.1 Å². The predicted octanol–water partition coefficient (Wildman–Crippen LogP) is 4.26. The number of aryl methyl sites for hydroxylation is 2. The Labute approximate surface area is 190 Å². The molecule has 2 heterocycles. The summed E-state index contributed by atoms with van der Waals surface area (Å²) in [6.07, 6.45) is -1.03. The molecule has 0 saturated carbocycles. The first-order valence-electron chi connectivity index (χ1n) is 10.6. The van der Waals surface area contributed by atoms with E-state index in [9.17, 15) is 19.7 Å². The molecule has 0 spiro atoms. The molecule has 2 aliphatic heterocycles. The molecular formula is C25H21N3O5. The highest BCUT2D eigenvalue weighted by Crippen LogP contribution is 2.48. The van der Waals surface area contributed by atoms with Gasteiger partial charge in [-0.05, 0) is 43.2 Å². The minimum absolute atomic E-state index is 0.0908. The van der Waals surface area contributed by atoms with E-state index in [1.807, 2.05) is 56.3 Å². The molecule has 2 aliphatic rings. The van der Waals surface area contributed by atoms with Crippen molar-refractivity contribution in [2.75, 3.05) is 9.96 Å². The van der Waals surface area contributed by atoms with Crippen molar-refractivity contribution in [1.82, 2.24) is 0 Å². The third kappa shape index (κ3) is 3.35. The zero-order valence-corrected chi connectivity index (χ0v) is 18.0. The second-order valence-corrected chi connectivity index (χ2v) is 8.31. The van der Waals surface area contributed by atoms with Crippen LogP contribution >= 0.6 is 0 Å². The van der Waals surface area contributed by atoms with Crippen molar-refractivity contribution in [1.29, 1.82) is 0 Å².